The number of rotatable bonds is 3. The molecule has 1 aromatic heterocycles. The molecular weight excluding hydrogens is 351 g/mol. The van der Waals surface area contributed by atoms with Crippen LogP contribution in [0.2, 0.25) is 5.15 Å². The summed E-state index contributed by atoms with van der Waals surface area (Å²) >= 11 is 12.0. The largest absolute Gasteiger partial charge is 0.364 e. The summed E-state index contributed by atoms with van der Waals surface area (Å²) in [7, 11) is 0. The van der Waals surface area contributed by atoms with Crippen LogP contribution in [-0.2, 0) is 4.74 Å². The van der Waals surface area contributed by atoms with Gasteiger partial charge in [0.2, 0.25) is 0 Å². The molecule has 1 aromatic carbocycles. The monoisotopic (exact) mass is 366 g/mol. The molecule has 1 aliphatic heterocycles. The molecule has 1 aliphatic rings. The molecule has 0 aliphatic carbocycles. The first kappa shape index (κ1) is 16.8. The molecule has 0 unspecified atom stereocenters. The molecular formula is C16H16Cl2N4O2. The number of ether oxygens (including phenoxy) is 1. The Morgan fingerprint density at radius 2 is 2.08 bits per heavy atom. The lowest BCUT2D eigenvalue weighted by atomic mass is 10.2. The van der Waals surface area contributed by atoms with Crippen molar-refractivity contribution in [1.82, 2.24) is 4.98 Å². The first-order chi connectivity index (χ1) is 11.6. The van der Waals surface area contributed by atoms with Crippen LogP contribution in [-0.4, -0.2) is 36.3 Å². The van der Waals surface area contributed by atoms with E-state index < -0.39 is 11.6 Å². The molecule has 0 saturated carbocycles. The molecule has 1 fully saturated rings. The van der Waals surface area contributed by atoms with E-state index in [0.717, 1.165) is 5.69 Å². The number of primary amides is 1. The molecule has 3 rings (SSSR count). The van der Waals surface area contributed by atoms with Gasteiger partial charge in [-0.25, -0.2) is 14.7 Å². The number of carbonyl (C=O) groups is 1. The number of anilines is 3. The number of nitrogens with zero attached hydrogens (tertiary/aromatic N) is 3. The number of amides is 2. The van der Waals surface area contributed by atoms with Gasteiger partial charge in [0.25, 0.3) is 0 Å². The molecule has 1 atom stereocenters. The Balaban J connectivity index is 2.04. The average Bonchev–Trinajstić information content (AvgIpc) is 2.55. The lowest BCUT2D eigenvalue weighted by Gasteiger charge is -2.34. The zero-order valence-corrected chi connectivity index (χ0v) is 14.2. The molecule has 2 N–H and O–H groups in total. The molecule has 0 radical (unpaired) electrons. The number of hydrogen-bond acceptors (Lipinski definition) is 4. The van der Waals surface area contributed by atoms with Crippen molar-refractivity contribution in [2.75, 3.05) is 29.5 Å². The Morgan fingerprint density at radius 3 is 2.79 bits per heavy atom. The van der Waals surface area contributed by atoms with Crippen molar-refractivity contribution < 1.29 is 9.53 Å². The number of urea groups is 1. The summed E-state index contributed by atoms with van der Waals surface area (Å²) in [5.41, 5.74) is 6.65. The summed E-state index contributed by atoms with van der Waals surface area (Å²) in [6.45, 7) is 1.68. The van der Waals surface area contributed by atoms with Gasteiger partial charge in [-0.1, -0.05) is 41.4 Å². The van der Waals surface area contributed by atoms with Crippen LogP contribution >= 0.6 is 23.2 Å². The van der Waals surface area contributed by atoms with Gasteiger partial charge >= 0.3 is 6.03 Å². The quantitative estimate of drug-likeness (QED) is 0.667. The van der Waals surface area contributed by atoms with E-state index in [4.69, 9.17) is 33.7 Å². The highest BCUT2D eigenvalue weighted by Crippen LogP contribution is 2.35. The van der Waals surface area contributed by atoms with Gasteiger partial charge in [0.1, 0.15) is 16.5 Å². The lowest BCUT2D eigenvalue weighted by molar-refractivity contribution is 0.0935. The fourth-order valence-corrected chi connectivity index (χ4v) is 3.04. The molecule has 24 heavy (non-hydrogen) atoms. The third-order valence-corrected chi connectivity index (χ3v) is 4.11. The van der Waals surface area contributed by atoms with Gasteiger partial charge in [-0.05, 0) is 24.3 Å². The van der Waals surface area contributed by atoms with Crippen LogP contribution in [0.3, 0.4) is 0 Å². The van der Waals surface area contributed by atoms with Crippen LogP contribution in [0.25, 0.3) is 0 Å². The van der Waals surface area contributed by atoms with Crippen LogP contribution in [0.4, 0.5) is 22.0 Å². The normalized spacial score (nSPS) is 17.6. The molecule has 0 bridgehead atoms. The van der Waals surface area contributed by atoms with E-state index in [9.17, 15) is 4.79 Å². The molecule has 2 aromatic rings. The van der Waals surface area contributed by atoms with Gasteiger partial charge in [-0.15, -0.1) is 0 Å². The highest BCUT2D eigenvalue weighted by atomic mass is 35.5. The zero-order chi connectivity index (χ0) is 17.1. The molecule has 126 valence electrons. The highest BCUT2D eigenvalue weighted by molar-refractivity contribution is 6.29. The molecule has 1 saturated heterocycles. The van der Waals surface area contributed by atoms with Crippen molar-refractivity contribution in [1.29, 1.82) is 0 Å². The summed E-state index contributed by atoms with van der Waals surface area (Å²) in [4.78, 5) is 19.7. The number of pyridine rings is 1. The maximum Gasteiger partial charge on any atom is 0.325 e. The third kappa shape index (κ3) is 3.56. The minimum absolute atomic E-state index is 0.281. The average molecular weight is 367 g/mol. The maximum absolute atomic E-state index is 12.1. The fourth-order valence-electron chi connectivity index (χ4n) is 2.62. The Bertz CT molecular complexity index is 744. The van der Waals surface area contributed by atoms with Gasteiger partial charge in [0, 0.05) is 6.54 Å². The highest BCUT2D eigenvalue weighted by Gasteiger charge is 2.25. The van der Waals surface area contributed by atoms with E-state index in [-0.39, 0.29) is 5.15 Å². The molecule has 6 nitrogen and oxygen atoms in total. The standard InChI is InChI=1S/C16H16Cl2N4O2/c17-13-6-3-7-15(20-13)22(16(19)23)12-5-2-1-4-11(12)21-8-9-24-14(18)10-21/h1-7,14H,8-10H2,(H2,19,23)/t14-/m0/s1. The predicted octanol–water partition coefficient (Wildman–Crippen LogP) is 3.35. The maximum atomic E-state index is 12.1. The van der Waals surface area contributed by atoms with Crippen LogP contribution in [0.1, 0.15) is 0 Å². The summed E-state index contributed by atoms with van der Waals surface area (Å²) in [6, 6.07) is 11.8. The topological polar surface area (TPSA) is 71.7 Å². The second-order valence-corrected chi connectivity index (χ2v) is 6.08. The Hall–Kier alpha value is -2.02. The van der Waals surface area contributed by atoms with E-state index in [2.05, 4.69) is 9.88 Å². The molecule has 0 spiro atoms. The van der Waals surface area contributed by atoms with Crippen molar-refractivity contribution in [2.45, 2.75) is 5.56 Å². The van der Waals surface area contributed by atoms with Crippen LogP contribution in [0.15, 0.2) is 42.5 Å². The Morgan fingerprint density at radius 1 is 1.29 bits per heavy atom. The predicted molar refractivity (Wildman–Crippen MR) is 95.2 cm³/mol. The second kappa shape index (κ2) is 7.25. The van der Waals surface area contributed by atoms with E-state index in [1.54, 1.807) is 24.3 Å². The number of carbonyl (C=O) groups excluding carboxylic acids is 1. The minimum Gasteiger partial charge on any atom is -0.364 e. The molecule has 2 amide bonds. The van der Waals surface area contributed by atoms with E-state index in [0.29, 0.717) is 31.2 Å². The van der Waals surface area contributed by atoms with Gasteiger partial charge in [0.05, 0.1) is 24.5 Å². The Kier molecular flexibility index (Phi) is 5.08. The number of aromatic nitrogens is 1. The number of para-hydroxylation sites is 2. The number of hydrogen-bond donors (Lipinski definition) is 1. The summed E-state index contributed by atoms with van der Waals surface area (Å²) in [6.07, 6.45) is 0. The van der Waals surface area contributed by atoms with Gasteiger partial charge in [0.15, 0.2) is 0 Å². The second-order valence-electron chi connectivity index (χ2n) is 5.21. The number of halogens is 2. The first-order valence-electron chi connectivity index (χ1n) is 7.38. The van der Waals surface area contributed by atoms with Gasteiger partial charge in [-0.2, -0.15) is 0 Å². The van der Waals surface area contributed by atoms with E-state index >= 15 is 0 Å². The SMILES string of the molecule is NC(=O)N(c1cccc(Cl)n1)c1ccccc1N1CCO[C@H](Cl)C1. The summed E-state index contributed by atoms with van der Waals surface area (Å²) < 4.78 is 5.37. The van der Waals surface area contributed by atoms with E-state index in [1.165, 1.54) is 4.90 Å². The van der Waals surface area contributed by atoms with Crippen LogP contribution < -0.4 is 15.5 Å². The Labute approximate surface area is 149 Å². The van der Waals surface area contributed by atoms with Crippen molar-refractivity contribution in [3.63, 3.8) is 0 Å². The van der Waals surface area contributed by atoms with E-state index in [1.807, 2.05) is 18.2 Å². The smallest absolute Gasteiger partial charge is 0.325 e. The first-order valence-corrected chi connectivity index (χ1v) is 8.19. The molecule has 8 heteroatoms. The third-order valence-electron chi connectivity index (χ3n) is 3.64. The number of alkyl halides is 1. The number of benzene rings is 1. The molecule has 2 heterocycles. The summed E-state index contributed by atoms with van der Waals surface area (Å²) in [5.74, 6) is 0.359. The number of nitrogens with two attached hydrogens (primary N) is 1. The minimum atomic E-state index is -0.645. The number of morpholine rings is 1. The summed E-state index contributed by atoms with van der Waals surface area (Å²) in [5, 5.41) is 0.281. The van der Waals surface area contributed by atoms with Crippen molar-refractivity contribution in [3.8, 4) is 0 Å². The van der Waals surface area contributed by atoms with Gasteiger partial charge in [-0.3, -0.25) is 0 Å². The van der Waals surface area contributed by atoms with Crippen molar-refractivity contribution in [2.24, 2.45) is 5.73 Å². The zero-order valence-electron chi connectivity index (χ0n) is 12.7. The van der Waals surface area contributed by atoms with Crippen molar-refractivity contribution >= 4 is 46.4 Å². The van der Waals surface area contributed by atoms with Crippen molar-refractivity contribution in [3.05, 3.63) is 47.6 Å². The lowest BCUT2D eigenvalue weighted by Crippen LogP contribution is -2.41. The van der Waals surface area contributed by atoms with Crippen LogP contribution in [0, 0.1) is 0 Å². The fraction of sp³-hybridized carbons (Fsp3) is 0.250. The van der Waals surface area contributed by atoms with Crippen LogP contribution in [0.5, 0.6) is 0 Å². The van der Waals surface area contributed by atoms with Gasteiger partial charge < -0.3 is 15.4 Å².